The van der Waals surface area contributed by atoms with Crippen molar-refractivity contribution in [1.82, 2.24) is 4.98 Å². The van der Waals surface area contributed by atoms with Crippen LogP contribution in [0.4, 0.5) is 5.69 Å². The highest BCUT2D eigenvalue weighted by atomic mass is 16.5. The third kappa shape index (κ3) is 1.96. The molecule has 76 valence electrons. The van der Waals surface area contributed by atoms with Gasteiger partial charge in [-0.1, -0.05) is 0 Å². The first-order valence-corrected chi connectivity index (χ1v) is 4.73. The van der Waals surface area contributed by atoms with E-state index in [1.165, 1.54) is 0 Å². The Balaban J connectivity index is 2.05. The summed E-state index contributed by atoms with van der Waals surface area (Å²) in [5.41, 5.74) is 7.16. The van der Waals surface area contributed by atoms with E-state index in [1.807, 2.05) is 13.0 Å². The predicted octanol–water partition coefficient (Wildman–Crippen LogP) is 1.14. The van der Waals surface area contributed by atoms with E-state index in [1.54, 1.807) is 6.07 Å². The molecule has 1 aromatic heterocycles. The Hall–Kier alpha value is -1.29. The van der Waals surface area contributed by atoms with Gasteiger partial charge < -0.3 is 15.2 Å². The monoisotopic (exact) mass is 194 g/mol. The molecular formula is C10H14N2O2. The van der Waals surface area contributed by atoms with Gasteiger partial charge in [-0.2, -0.15) is 0 Å². The topological polar surface area (TPSA) is 57.4 Å². The predicted molar refractivity (Wildman–Crippen MR) is 53.2 cm³/mol. The highest BCUT2D eigenvalue weighted by Gasteiger charge is 2.17. The fraction of sp³-hybridized carbons (Fsp3) is 0.500. The van der Waals surface area contributed by atoms with Crippen LogP contribution in [0.1, 0.15) is 12.1 Å². The summed E-state index contributed by atoms with van der Waals surface area (Å²) in [6.45, 7) is 3.30. The molecule has 1 aliphatic rings. The maximum absolute atomic E-state index is 5.65. The lowest BCUT2D eigenvalue weighted by Gasteiger charge is -2.11. The number of aryl methyl sites for hydroxylation is 1. The van der Waals surface area contributed by atoms with Crippen LogP contribution in [0.2, 0.25) is 0 Å². The molecule has 0 aliphatic carbocycles. The van der Waals surface area contributed by atoms with Crippen LogP contribution in [0.15, 0.2) is 12.1 Å². The Kier molecular flexibility index (Phi) is 2.54. The Morgan fingerprint density at radius 2 is 2.43 bits per heavy atom. The van der Waals surface area contributed by atoms with Crippen LogP contribution in [0.5, 0.6) is 5.88 Å². The van der Waals surface area contributed by atoms with Gasteiger partial charge in [-0.25, -0.2) is 4.98 Å². The van der Waals surface area contributed by atoms with Crippen LogP contribution in [0.3, 0.4) is 0 Å². The van der Waals surface area contributed by atoms with Crippen LogP contribution < -0.4 is 10.5 Å². The van der Waals surface area contributed by atoms with Gasteiger partial charge >= 0.3 is 0 Å². The van der Waals surface area contributed by atoms with Gasteiger partial charge in [0, 0.05) is 12.5 Å². The van der Waals surface area contributed by atoms with Gasteiger partial charge in [-0.05, 0) is 13.0 Å². The standard InChI is InChI=1S/C10H14N2O2/c1-7-9(11)2-3-10(12-7)14-8-4-5-13-6-8/h2-3,8H,4-6,11H2,1H3/t8-/m0/s1. The fourth-order valence-electron chi connectivity index (χ4n) is 1.39. The number of hydrogen-bond acceptors (Lipinski definition) is 4. The van der Waals surface area contributed by atoms with E-state index in [2.05, 4.69) is 4.98 Å². The van der Waals surface area contributed by atoms with E-state index >= 15 is 0 Å². The number of rotatable bonds is 2. The zero-order chi connectivity index (χ0) is 9.97. The van der Waals surface area contributed by atoms with Gasteiger partial charge in [-0.3, -0.25) is 0 Å². The average Bonchev–Trinajstić information content (AvgIpc) is 2.64. The summed E-state index contributed by atoms with van der Waals surface area (Å²) in [5.74, 6) is 0.632. The minimum atomic E-state index is 0.144. The van der Waals surface area contributed by atoms with E-state index in [4.69, 9.17) is 15.2 Å². The lowest BCUT2D eigenvalue weighted by Crippen LogP contribution is -2.16. The van der Waals surface area contributed by atoms with Gasteiger partial charge in [0.05, 0.1) is 24.6 Å². The summed E-state index contributed by atoms with van der Waals surface area (Å²) in [6.07, 6.45) is 1.08. The SMILES string of the molecule is Cc1nc(O[C@H]2CCOC2)ccc1N. The van der Waals surface area contributed by atoms with E-state index < -0.39 is 0 Å². The van der Waals surface area contributed by atoms with E-state index in [0.29, 0.717) is 18.2 Å². The molecule has 2 rings (SSSR count). The molecule has 4 nitrogen and oxygen atoms in total. The molecule has 0 saturated carbocycles. The first-order valence-electron chi connectivity index (χ1n) is 4.73. The summed E-state index contributed by atoms with van der Waals surface area (Å²) < 4.78 is 10.8. The van der Waals surface area contributed by atoms with Gasteiger partial charge in [0.2, 0.25) is 5.88 Å². The van der Waals surface area contributed by atoms with Crippen LogP contribution >= 0.6 is 0 Å². The molecule has 4 heteroatoms. The second-order valence-corrected chi connectivity index (χ2v) is 3.43. The lowest BCUT2D eigenvalue weighted by molar-refractivity contribution is 0.138. The molecule has 2 N–H and O–H groups in total. The van der Waals surface area contributed by atoms with Crippen molar-refractivity contribution in [1.29, 1.82) is 0 Å². The first kappa shape index (κ1) is 9.27. The highest BCUT2D eigenvalue weighted by molar-refractivity contribution is 5.43. The maximum atomic E-state index is 5.65. The molecule has 1 atom stereocenters. The second-order valence-electron chi connectivity index (χ2n) is 3.43. The van der Waals surface area contributed by atoms with Crippen LogP contribution in [-0.4, -0.2) is 24.3 Å². The molecule has 1 fully saturated rings. The summed E-state index contributed by atoms with van der Waals surface area (Å²) in [5, 5.41) is 0. The van der Waals surface area contributed by atoms with Crippen molar-refractivity contribution >= 4 is 5.69 Å². The molecule has 0 spiro atoms. The first-order chi connectivity index (χ1) is 6.75. The summed E-state index contributed by atoms with van der Waals surface area (Å²) in [6, 6.07) is 3.61. The molecule has 14 heavy (non-hydrogen) atoms. The number of anilines is 1. The molecule has 0 amide bonds. The van der Waals surface area contributed by atoms with Gasteiger partial charge in [0.15, 0.2) is 0 Å². The Labute approximate surface area is 83.0 Å². The van der Waals surface area contributed by atoms with Gasteiger partial charge in [0.25, 0.3) is 0 Å². The second kappa shape index (κ2) is 3.84. The Morgan fingerprint density at radius 3 is 3.07 bits per heavy atom. The number of nitrogen functional groups attached to an aromatic ring is 1. The molecule has 0 radical (unpaired) electrons. The molecule has 1 aliphatic heterocycles. The molecule has 1 aromatic rings. The van der Waals surface area contributed by atoms with Crippen molar-refractivity contribution < 1.29 is 9.47 Å². The van der Waals surface area contributed by atoms with Crippen LogP contribution in [-0.2, 0) is 4.74 Å². The lowest BCUT2D eigenvalue weighted by atomic mass is 10.3. The van der Waals surface area contributed by atoms with Crippen molar-refractivity contribution in [2.45, 2.75) is 19.4 Å². The quantitative estimate of drug-likeness (QED) is 0.767. The zero-order valence-electron chi connectivity index (χ0n) is 8.19. The van der Waals surface area contributed by atoms with Crippen LogP contribution in [0.25, 0.3) is 0 Å². The largest absolute Gasteiger partial charge is 0.472 e. The normalized spacial score (nSPS) is 21.1. The minimum absolute atomic E-state index is 0.144. The fourth-order valence-corrected chi connectivity index (χ4v) is 1.39. The number of ether oxygens (including phenoxy) is 2. The Morgan fingerprint density at radius 1 is 1.57 bits per heavy atom. The minimum Gasteiger partial charge on any atom is -0.472 e. The number of nitrogens with two attached hydrogens (primary N) is 1. The summed E-state index contributed by atoms with van der Waals surface area (Å²) >= 11 is 0. The van der Waals surface area contributed by atoms with Crippen LogP contribution in [0, 0.1) is 6.92 Å². The molecule has 1 saturated heterocycles. The smallest absolute Gasteiger partial charge is 0.213 e. The summed E-state index contributed by atoms with van der Waals surface area (Å²) in [4.78, 5) is 4.23. The van der Waals surface area contributed by atoms with Gasteiger partial charge in [0.1, 0.15) is 6.10 Å². The molecule has 0 unspecified atom stereocenters. The van der Waals surface area contributed by atoms with E-state index in [0.717, 1.165) is 18.7 Å². The third-order valence-electron chi connectivity index (χ3n) is 2.28. The Bertz CT molecular complexity index is 322. The third-order valence-corrected chi connectivity index (χ3v) is 2.28. The molecular weight excluding hydrogens is 180 g/mol. The zero-order valence-corrected chi connectivity index (χ0v) is 8.19. The number of aromatic nitrogens is 1. The maximum Gasteiger partial charge on any atom is 0.213 e. The summed E-state index contributed by atoms with van der Waals surface area (Å²) in [7, 11) is 0. The van der Waals surface area contributed by atoms with Gasteiger partial charge in [-0.15, -0.1) is 0 Å². The van der Waals surface area contributed by atoms with E-state index in [-0.39, 0.29) is 6.10 Å². The number of pyridine rings is 1. The highest BCUT2D eigenvalue weighted by Crippen LogP contribution is 2.17. The molecule has 0 bridgehead atoms. The van der Waals surface area contributed by atoms with Crippen molar-refractivity contribution in [3.05, 3.63) is 17.8 Å². The molecule has 0 aromatic carbocycles. The average molecular weight is 194 g/mol. The van der Waals surface area contributed by atoms with E-state index in [9.17, 15) is 0 Å². The molecule has 2 heterocycles. The van der Waals surface area contributed by atoms with Crippen molar-refractivity contribution in [2.24, 2.45) is 0 Å². The van der Waals surface area contributed by atoms with Crippen molar-refractivity contribution in [3.63, 3.8) is 0 Å². The number of nitrogens with zero attached hydrogens (tertiary/aromatic N) is 1. The van der Waals surface area contributed by atoms with Crippen molar-refractivity contribution in [3.8, 4) is 5.88 Å². The van der Waals surface area contributed by atoms with Crippen molar-refractivity contribution in [2.75, 3.05) is 18.9 Å². The number of hydrogen-bond donors (Lipinski definition) is 1.